The molecule has 1 aromatic carbocycles. The van der Waals surface area contributed by atoms with Crippen molar-refractivity contribution >= 4 is 22.7 Å². The topological polar surface area (TPSA) is 34.2 Å². The lowest BCUT2D eigenvalue weighted by Crippen LogP contribution is -2.36. The highest BCUT2D eigenvalue weighted by atomic mass is 32.2. The minimum atomic E-state index is 0.235. The van der Waals surface area contributed by atoms with E-state index in [1.165, 1.54) is 10.9 Å². The van der Waals surface area contributed by atoms with Gasteiger partial charge in [-0.25, -0.2) is 0 Å². The van der Waals surface area contributed by atoms with Gasteiger partial charge in [-0.1, -0.05) is 18.2 Å². The smallest absolute Gasteiger partial charge is 0.0860 e. The van der Waals surface area contributed by atoms with Crippen molar-refractivity contribution in [2.45, 2.75) is 12.1 Å². The Morgan fingerprint density at radius 2 is 2.37 bits per heavy atom. The van der Waals surface area contributed by atoms with Crippen molar-refractivity contribution in [3.63, 3.8) is 0 Å². The van der Waals surface area contributed by atoms with Crippen molar-refractivity contribution in [3.8, 4) is 0 Å². The number of ether oxygens (including phenoxy) is 1. The normalized spacial score (nSPS) is 21.4. The van der Waals surface area contributed by atoms with E-state index < -0.39 is 0 Å². The molecule has 2 heterocycles. The molecule has 4 heteroatoms. The highest BCUT2D eigenvalue weighted by molar-refractivity contribution is 7.99. The fraction of sp³-hybridized carbons (Fsp3) is 0.400. The molecule has 0 radical (unpaired) electrons. The van der Waals surface area contributed by atoms with Crippen LogP contribution in [-0.2, 0) is 4.74 Å². The number of nitrogens with one attached hydrogen (secondary N) is 1. The highest BCUT2D eigenvalue weighted by Crippen LogP contribution is 2.27. The van der Waals surface area contributed by atoms with E-state index in [9.17, 15) is 0 Å². The number of hydrogen-bond acceptors (Lipinski definition) is 4. The molecule has 2 aromatic rings. The lowest BCUT2D eigenvalue weighted by Gasteiger charge is -2.30. The first-order chi connectivity index (χ1) is 9.38. The van der Waals surface area contributed by atoms with Crippen LogP contribution in [0.4, 0.5) is 0 Å². The van der Waals surface area contributed by atoms with Crippen molar-refractivity contribution < 1.29 is 4.74 Å². The summed E-state index contributed by atoms with van der Waals surface area (Å²) in [6.45, 7) is 0.847. The van der Waals surface area contributed by atoms with Gasteiger partial charge in [0, 0.05) is 23.1 Å². The van der Waals surface area contributed by atoms with E-state index >= 15 is 0 Å². The minimum absolute atomic E-state index is 0.235. The second-order valence-corrected chi connectivity index (χ2v) is 5.86. The predicted molar refractivity (Wildman–Crippen MR) is 80.6 cm³/mol. The van der Waals surface area contributed by atoms with Gasteiger partial charge in [0.05, 0.1) is 24.3 Å². The molecule has 2 unspecified atom stereocenters. The summed E-state index contributed by atoms with van der Waals surface area (Å²) in [5.74, 6) is 2.15. The molecule has 0 amide bonds. The van der Waals surface area contributed by atoms with Crippen LogP contribution in [0, 0.1) is 0 Å². The van der Waals surface area contributed by atoms with Gasteiger partial charge in [0.2, 0.25) is 0 Å². The van der Waals surface area contributed by atoms with Gasteiger partial charge in [0.25, 0.3) is 0 Å². The number of hydrogen-bond donors (Lipinski definition) is 1. The third-order valence-electron chi connectivity index (χ3n) is 3.51. The fourth-order valence-corrected chi connectivity index (χ4v) is 3.44. The van der Waals surface area contributed by atoms with Crippen LogP contribution >= 0.6 is 11.8 Å². The standard InChI is InChI=1S/C15H18N2OS/c1-16-15(14-10-19-8-7-18-14)12-5-4-11-3-2-6-17-13(11)9-12/h2-6,9,14-16H,7-8,10H2,1H3. The predicted octanol–water partition coefficient (Wildman–Crippen LogP) is 2.63. The van der Waals surface area contributed by atoms with E-state index in [4.69, 9.17) is 4.74 Å². The Morgan fingerprint density at radius 1 is 1.42 bits per heavy atom. The van der Waals surface area contributed by atoms with Crippen LogP contribution in [0.3, 0.4) is 0 Å². The zero-order valence-corrected chi connectivity index (χ0v) is 11.8. The largest absolute Gasteiger partial charge is 0.375 e. The number of thioether (sulfide) groups is 1. The molecule has 0 aliphatic carbocycles. The molecule has 3 rings (SSSR count). The molecule has 1 saturated heterocycles. The van der Waals surface area contributed by atoms with Gasteiger partial charge in [-0.2, -0.15) is 11.8 Å². The maximum atomic E-state index is 5.89. The van der Waals surface area contributed by atoms with Crippen LogP contribution in [-0.4, -0.2) is 36.2 Å². The van der Waals surface area contributed by atoms with Crippen LogP contribution in [0.1, 0.15) is 11.6 Å². The number of aromatic nitrogens is 1. The van der Waals surface area contributed by atoms with E-state index in [1.807, 2.05) is 31.1 Å². The third kappa shape index (κ3) is 2.76. The van der Waals surface area contributed by atoms with Crippen LogP contribution in [0.2, 0.25) is 0 Å². The van der Waals surface area contributed by atoms with Gasteiger partial charge in [0.1, 0.15) is 0 Å². The van der Waals surface area contributed by atoms with Crippen molar-refractivity contribution in [2.24, 2.45) is 0 Å². The SMILES string of the molecule is CNC(c1ccc2cccnc2c1)C1CSCCO1. The molecule has 0 bridgehead atoms. The second kappa shape index (κ2) is 5.90. The molecule has 1 aliphatic heterocycles. The van der Waals surface area contributed by atoms with Gasteiger partial charge in [-0.05, 0) is 24.7 Å². The lowest BCUT2D eigenvalue weighted by atomic mass is 10.0. The molecule has 1 aromatic heterocycles. The van der Waals surface area contributed by atoms with Gasteiger partial charge in [-0.3, -0.25) is 4.98 Å². The maximum Gasteiger partial charge on any atom is 0.0860 e. The Bertz CT molecular complexity index is 555. The van der Waals surface area contributed by atoms with Crippen LogP contribution in [0.25, 0.3) is 10.9 Å². The first kappa shape index (κ1) is 12.9. The van der Waals surface area contributed by atoms with Crippen molar-refractivity contribution in [1.29, 1.82) is 0 Å². The summed E-state index contributed by atoms with van der Waals surface area (Å²) in [6, 6.07) is 10.8. The molecule has 2 atom stereocenters. The van der Waals surface area contributed by atoms with E-state index in [-0.39, 0.29) is 12.1 Å². The number of fused-ring (bicyclic) bond motifs is 1. The Hall–Kier alpha value is -1.10. The van der Waals surface area contributed by atoms with Crippen LogP contribution < -0.4 is 5.32 Å². The molecule has 100 valence electrons. The Morgan fingerprint density at radius 3 is 3.16 bits per heavy atom. The third-order valence-corrected chi connectivity index (χ3v) is 4.53. The summed E-state index contributed by atoms with van der Waals surface area (Å²) in [4.78, 5) is 4.43. The van der Waals surface area contributed by atoms with E-state index in [1.54, 1.807) is 0 Å². The average Bonchev–Trinajstić information content (AvgIpc) is 2.49. The molecular formula is C15H18N2OS. The number of pyridine rings is 1. The summed E-state index contributed by atoms with van der Waals surface area (Å²) in [6.07, 6.45) is 2.08. The molecule has 0 spiro atoms. The second-order valence-electron chi connectivity index (χ2n) is 4.71. The lowest BCUT2D eigenvalue weighted by molar-refractivity contribution is 0.0489. The molecule has 3 nitrogen and oxygen atoms in total. The monoisotopic (exact) mass is 274 g/mol. The maximum absolute atomic E-state index is 5.89. The molecule has 0 saturated carbocycles. The quantitative estimate of drug-likeness (QED) is 0.933. The van der Waals surface area contributed by atoms with Crippen molar-refractivity contribution in [2.75, 3.05) is 25.2 Å². The van der Waals surface area contributed by atoms with E-state index in [0.29, 0.717) is 0 Å². The molecule has 1 fully saturated rings. The molecule has 1 aliphatic rings. The van der Waals surface area contributed by atoms with E-state index in [0.717, 1.165) is 23.6 Å². The van der Waals surface area contributed by atoms with Crippen LogP contribution in [0.15, 0.2) is 36.5 Å². The minimum Gasteiger partial charge on any atom is -0.375 e. The fourth-order valence-electron chi connectivity index (χ4n) is 2.54. The highest BCUT2D eigenvalue weighted by Gasteiger charge is 2.25. The van der Waals surface area contributed by atoms with Gasteiger partial charge in [-0.15, -0.1) is 0 Å². The molecular weight excluding hydrogens is 256 g/mol. The Kier molecular flexibility index (Phi) is 4.01. The summed E-state index contributed by atoms with van der Waals surface area (Å²) in [5, 5.41) is 4.57. The Labute approximate surface area is 117 Å². The van der Waals surface area contributed by atoms with Gasteiger partial charge in [0.15, 0.2) is 0 Å². The number of likely N-dealkylation sites (N-methyl/N-ethyl adjacent to an activating group) is 1. The van der Waals surface area contributed by atoms with Crippen LogP contribution in [0.5, 0.6) is 0 Å². The first-order valence-corrected chi connectivity index (χ1v) is 7.75. The average molecular weight is 274 g/mol. The summed E-state index contributed by atoms with van der Waals surface area (Å²) < 4.78 is 5.89. The summed E-state index contributed by atoms with van der Waals surface area (Å²) in [7, 11) is 2.00. The molecule has 19 heavy (non-hydrogen) atoms. The summed E-state index contributed by atoms with van der Waals surface area (Å²) in [5.41, 5.74) is 2.30. The van der Waals surface area contributed by atoms with Crippen molar-refractivity contribution in [3.05, 3.63) is 42.1 Å². The Balaban J connectivity index is 1.91. The summed E-state index contributed by atoms with van der Waals surface area (Å²) >= 11 is 1.96. The zero-order chi connectivity index (χ0) is 13.1. The van der Waals surface area contributed by atoms with Gasteiger partial charge >= 0.3 is 0 Å². The van der Waals surface area contributed by atoms with Gasteiger partial charge < -0.3 is 10.1 Å². The number of rotatable bonds is 3. The number of nitrogens with zero attached hydrogens (tertiary/aromatic N) is 1. The van der Waals surface area contributed by atoms with Crippen molar-refractivity contribution in [1.82, 2.24) is 10.3 Å². The van der Waals surface area contributed by atoms with E-state index in [2.05, 4.69) is 34.6 Å². The number of benzene rings is 1. The molecule has 1 N–H and O–H groups in total. The first-order valence-electron chi connectivity index (χ1n) is 6.60. The zero-order valence-electron chi connectivity index (χ0n) is 11.0.